The van der Waals surface area contributed by atoms with Crippen LogP contribution in [0.1, 0.15) is 19.8 Å². The quantitative estimate of drug-likeness (QED) is 0.603. The molecule has 0 aromatic rings. The van der Waals surface area contributed by atoms with Gasteiger partial charge in [0.1, 0.15) is 0 Å². The molecule has 1 rings (SSSR count). The van der Waals surface area contributed by atoms with Crippen molar-refractivity contribution in [3.8, 4) is 0 Å². The van der Waals surface area contributed by atoms with Gasteiger partial charge < -0.3 is 9.47 Å². The van der Waals surface area contributed by atoms with Gasteiger partial charge in [-0.05, 0) is 13.3 Å². The molecular formula is C9H15NO3. The first-order chi connectivity index (χ1) is 6.27. The van der Waals surface area contributed by atoms with Gasteiger partial charge in [0.05, 0.1) is 19.6 Å². The second-order valence-corrected chi connectivity index (χ2v) is 2.92. The lowest BCUT2D eigenvalue weighted by atomic mass is 9.99. The summed E-state index contributed by atoms with van der Waals surface area (Å²) in [5.74, 6) is 0.462. The Morgan fingerprint density at radius 3 is 3.08 bits per heavy atom. The van der Waals surface area contributed by atoms with Crippen molar-refractivity contribution in [3.63, 3.8) is 0 Å². The number of rotatable bonds is 2. The first kappa shape index (κ1) is 10.0. The maximum absolute atomic E-state index is 11.3. The molecule has 0 bridgehead atoms. The van der Waals surface area contributed by atoms with Crippen molar-refractivity contribution in [1.82, 2.24) is 0 Å². The zero-order chi connectivity index (χ0) is 9.68. The highest BCUT2D eigenvalue weighted by atomic mass is 16.5. The smallest absolute Gasteiger partial charge is 0.309 e. The van der Waals surface area contributed by atoms with Crippen LogP contribution in [0.5, 0.6) is 0 Å². The fraction of sp³-hybridized carbons (Fsp3) is 0.778. The normalized spacial score (nSPS) is 22.0. The van der Waals surface area contributed by atoms with Crippen LogP contribution in [0.25, 0.3) is 0 Å². The van der Waals surface area contributed by atoms with Crippen molar-refractivity contribution >= 4 is 11.9 Å². The third kappa shape index (κ3) is 2.72. The Kier molecular flexibility index (Phi) is 3.73. The van der Waals surface area contributed by atoms with Crippen LogP contribution in [-0.2, 0) is 14.3 Å². The number of carbonyl (C=O) groups is 1. The summed E-state index contributed by atoms with van der Waals surface area (Å²) in [4.78, 5) is 15.5. The molecule has 0 aromatic carbocycles. The maximum Gasteiger partial charge on any atom is 0.309 e. The number of hydrogen-bond donors (Lipinski definition) is 0. The van der Waals surface area contributed by atoms with E-state index >= 15 is 0 Å². The Labute approximate surface area is 77.9 Å². The fourth-order valence-corrected chi connectivity index (χ4v) is 1.33. The van der Waals surface area contributed by atoms with E-state index in [2.05, 4.69) is 4.99 Å². The Morgan fingerprint density at radius 1 is 1.69 bits per heavy atom. The zero-order valence-electron chi connectivity index (χ0n) is 8.08. The highest BCUT2D eigenvalue weighted by molar-refractivity contribution is 5.83. The van der Waals surface area contributed by atoms with Crippen molar-refractivity contribution in [1.29, 1.82) is 0 Å². The summed E-state index contributed by atoms with van der Waals surface area (Å²) >= 11 is 0. The van der Waals surface area contributed by atoms with Gasteiger partial charge in [0.2, 0.25) is 0 Å². The number of methoxy groups -OCH3 is 1. The van der Waals surface area contributed by atoms with Crippen molar-refractivity contribution in [2.75, 3.05) is 20.3 Å². The van der Waals surface area contributed by atoms with E-state index in [1.165, 1.54) is 0 Å². The molecule has 0 aliphatic carbocycles. The average molecular weight is 185 g/mol. The molecule has 0 spiro atoms. The van der Waals surface area contributed by atoms with Crippen LogP contribution in [0, 0.1) is 5.92 Å². The monoisotopic (exact) mass is 185 g/mol. The Bertz CT molecular complexity index is 213. The van der Waals surface area contributed by atoms with Crippen molar-refractivity contribution in [2.45, 2.75) is 19.8 Å². The van der Waals surface area contributed by atoms with Gasteiger partial charge >= 0.3 is 5.97 Å². The number of hydrogen-bond acceptors (Lipinski definition) is 4. The number of aliphatic imine (C=N–C) groups is 1. The fourth-order valence-electron chi connectivity index (χ4n) is 1.33. The number of carbonyl (C=O) groups excluding carboxylic acids is 1. The summed E-state index contributed by atoms with van der Waals surface area (Å²) in [6.07, 6.45) is 1.35. The van der Waals surface area contributed by atoms with Gasteiger partial charge in [-0.15, -0.1) is 0 Å². The summed E-state index contributed by atoms with van der Waals surface area (Å²) in [5, 5.41) is 0. The van der Waals surface area contributed by atoms with E-state index in [0.29, 0.717) is 25.5 Å². The molecule has 0 saturated carbocycles. The van der Waals surface area contributed by atoms with Crippen LogP contribution < -0.4 is 0 Å². The van der Waals surface area contributed by atoms with Gasteiger partial charge in [0.25, 0.3) is 0 Å². The van der Waals surface area contributed by atoms with Crippen LogP contribution in [-0.4, -0.2) is 32.1 Å². The molecular weight excluding hydrogens is 170 g/mol. The molecule has 1 aliphatic heterocycles. The van der Waals surface area contributed by atoms with E-state index in [-0.39, 0.29) is 11.9 Å². The molecule has 0 fully saturated rings. The minimum atomic E-state index is -0.132. The molecule has 0 aromatic heterocycles. The molecule has 1 heterocycles. The molecule has 0 N–H and O–H groups in total. The van der Waals surface area contributed by atoms with E-state index in [1.807, 2.05) is 6.92 Å². The van der Waals surface area contributed by atoms with E-state index in [1.54, 1.807) is 7.11 Å². The lowest BCUT2D eigenvalue weighted by molar-refractivity contribution is -0.148. The average Bonchev–Trinajstić information content (AvgIpc) is 2.18. The lowest BCUT2D eigenvalue weighted by Gasteiger charge is -2.19. The van der Waals surface area contributed by atoms with E-state index in [0.717, 1.165) is 6.42 Å². The van der Waals surface area contributed by atoms with E-state index in [9.17, 15) is 4.79 Å². The predicted octanol–water partition coefficient (Wildman–Crippen LogP) is 1.00. The molecule has 0 unspecified atom stereocenters. The molecule has 0 radical (unpaired) electrons. The third-order valence-electron chi connectivity index (χ3n) is 2.04. The zero-order valence-corrected chi connectivity index (χ0v) is 8.08. The standard InChI is InChI=1S/C9H15NO3/c1-3-13-9(11)7-4-5-10-8(6-7)12-2/h7H,3-6H2,1-2H3/t7-/m0/s1. The summed E-state index contributed by atoms with van der Waals surface area (Å²) in [6.45, 7) is 2.91. The second kappa shape index (κ2) is 4.84. The third-order valence-corrected chi connectivity index (χ3v) is 2.04. The summed E-state index contributed by atoms with van der Waals surface area (Å²) < 4.78 is 9.92. The van der Waals surface area contributed by atoms with E-state index < -0.39 is 0 Å². The van der Waals surface area contributed by atoms with Crippen LogP contribution in [0.2, 0.25) is 0 Å². The van der Waals surface area contributed by atoms with Gasteiger partial charge in [-0.25, -0.2) is 0 Å². The Morgan fingerprint density at radius 2 is 2.46 bits per heavy atom. The van der Waals surface area contributed by atoms with Gasteiger partial charge in [-0.3, -0.25) is 9.79 Å². The predicted molar refractivity (Wildman–Crippen MR) is 48.7 cm³/mol. The Hall–Kier alpha value is -1.06. The first-order valence-corrected chi connectivity index (χ1v) is 4.51. The summed E-state index contributed by atoms with van der Waals surface area (Å²) in [7, 11) is 1.58. The molecule has 0 amide bonds. The minimum Gasteiger partial charge on any atom is -0.484 e. The highest BCUT2D eigenvalue weighted by Crippen LogP contribution is 2.17. The molecule has 1 aliphatic rings. The van der Waals surface area contributed by atoms with Crippen LogP contribution >= 0.6 is 0 Å². The van der Waals surface area contributed by atoms with E-state index in [4.69, 9.17) is 9.47 Å². The van der Waals surface area contributed by atoms with Crippen LogP contribution in [0.3, 0.4) is 0 Å². The first-order valence-electron chi connectivity index (χ1n) is 4.51. The van der Waals surface area contributed by atoms with Gasteiger partial charge in [-0.2, -0.15) is 0 Å². The second-order valence-electron chi connectivity index (χ2n) is 2.92. The number of nitrogens with zero attached hydrogens (tertiary/aromatic N) is 1. The number of esters is 1. The largest absolute Gasteiger partial charge is 0.484 e. The van der Waals surface area contributed by atoms with Gasteiger partial charge in [-0.1, -0.05) is 0 Å². The molecule has 4 nitrogen and oxygen atoms in total. The minimum absolute atomic E-state index is 0.0626. The van der Waals surface area contributed by atoms with Crippen LogP contribution in [0.15, 0.2) is 4.99 Å². The lowest BCUT2D eigenvalue weighted by Crippen LogP contribution is -2.26. The Balaban J connectivity index is 2.45. The molecule has 13 heavy (non-hydrogen) atoms. The van der Waals surface area contributed by atoms with Gasteiger partial charge in [0.15, 0.2) is 5.90 Å². The molecule has 74 valence electrons. The SMILES string of the molecule is CCOC(=O)[C@H]1CCN=C(OC)C1. The van der Waals surface area contributed by atoms with Gasteiger partial charge in [0, 0.05) is 13.0 Å². The molecule has 0 saturated heterocycles. The van der Waals surface area contributed by atoms with Crippen molar-refractivity contribution < 1.29 is 14.3 Å². The number of ether oxygens (including phenoxy) is 2. The van der Waals surface area contributed by atoms with Crippen LogP contribution in [0.4, 0.5) is 0 Å². The summed E-state index contributed by atoms with van der Waals surface area (Å²) in [5.41, 5.74) is 0. The highest BCUT2D eigenvalue weighted by Gasteiger charge is 2.24. The topological polar surface area (TPSA) is 47.9 Å². The van der Waals surface area contributed by atoms with Crippen molar-refractivity contribution in [2.24, 2.45) is 10.9 Å². The van der Waals surface area contributed by atoms with Crippen molar-refractivity contribution in [3.05, 3.63) is 0 Å². The molecule has 1 atom stereocenters. The summed E-state index contributed by atoms with van der Waals surface area (Å²) in [6, 6.07) is 0. The maximum atomic E-state index is 11.3. The molecule has 4 heteroatoms.